The van der Waals surface area contributed by atoms with E-state index in [2.05, 4.69) is 20.1 Å². The molecule has 0 fully saturated rings. The summed E-state index contributed by atoms with van der Waals surface area (Å²) in [5.41, 5.74) is 2.79. The van der Waals surface area contributed by atoms with E-state index in [0.29, 0.717) is 11.7 Å². The molecule has 0 saturated heterocycles. The maximum absolute atomic E-state index is 12.8. The lowest BCUT2D eigenvalue weighted by Crippen LogP contribution is -2.15. The zero-order chi connectivity index (χ0) is 17.7. The number of nitrogens with zero attached hydrogens (tertiary/aromatic N) is 4. The Morgan fingerprint density at radius 3 is 2.46 bits per heavy atom. The lowest BCUT2D eigenvalue weighted by atomic mass is 10.1. The van der Waals surface area contributed by atoms with Gasteiger partial charge in [-0.05, 0) is 19.1 Å². The number of hydrogen-bond donors (Lipinski definition) is 1. The van der Waals surface area contributed by atoms with E-state index in [9.17, 15) is 4.79 Å². The third kappa shape index (κ3) is 2.21. The van der Waals surface area contributed by atoms with Crippen molar-refractivity contribution >= 4 is 17.0 Å². The van der Waals surface area contributed by atoms with E-state index >= 15 is 0 Å². The first-order valence-corrected chi connectivity index (χ1v) is 8.11. The quantitative estimate of drug-likeness (QED) is 0.532. The number of aryl methyl sites for hydroxylation is 1. The van der Waals surface area contributed by atoms with Gasteiger partial charge in [0.05, 0.1) is 0 Å². The molecule has 0 saturated carbocycles. The minimum Gasteiger partial charge on any atom is -0.417 e. The van der Waals surface area contributed by atoms with Crippen molar-refractivity contribution in [2.45, 2.75) is 6.92 Å². The Labute approximate surface area is 147 Å². The molecule has 2 aromatic carbocycles. The molecule has 26 heavy (non-hydrogen) atoms. The van der Waals surface area contributed by atoms with E-state index in [4.69, 9.17) is 4.42 Å². The number of oxazole rings is 1. The van der Waals surface area contributed by atoms with Crippen LogP contribution in [-0.4, -0.2) is 24.6 Å². The summed E-state index contributed by atoms with van der Waals surface area (Å²) >= 11 is 0. The second kappa shape index (κ2) is 5.38. The highest BCUT2D eigenvalue weighted by Gasteiger charge is 2.17. The monoisotopic (exact) mass is 343 g/mol. The Balaban J connectivity index is 1.69. The summed E-state index contributed by atoms with van der Waals surface area (Å²) in [6, 6.07) is 17.2. The third-order valence-electron chi connectivity index (χ3n) is 4.19. The summed E-state index contributed by atoms with van der Waals surface area (Å²) in [4.78, 5) is 25.8. The molecule has 3 heterocycles. The summed E-state index contributed by atoms with van der Waals surface area (Å²) in [6.07, 6.45) is 0. The lowest BCUT2D eigenvalue weighted by Gasteiger charge is -1.94. The van der Waals surface area contributed by atoms with Gasteiger partial charge in [-0.1, -0.05) is 48.0 Å². The van der Waals surface area contributed by atoms with Crippen LogP contribution in [0, 0.1) is 6.92 Å². The van der Waals surface area contributed by atoms with Crippen molar-refractivity contribution in [3.05, 3.63) is 70.5 Å². The number of hydrogen-bond acceptors (Lipinski definition) is 5. The number of aromatic nitrogens is 5. The highest BCUT2D eigenvalue weighted by molar-refractivity contribution is 5.73. The van der Waals surface area contributed by atoms with E-state index in [0.717, 1.165) is 16.7 Å². The van der Waals surface area contributed by atoms with Gasteiger partial charge < -0.3 is 4.42 Å². The molecule has 3 aromatic heterocycles. The summed E-state index contributed by atoms with van der Waals surface area (Å²) < 4.78 is 6.99. The van der Waals surface area contributed by atoms with Gasteiger partial charge in [-0.15, -0.1) is 0 Å². The van der Waals surface area contributed by atoms with E-state index in [1.807, 2.05) is 61.5 Å². The Bertz CT molecular complexity index is 1300. The van der Waals surface area contributed by atoms with Crippen molar-refractivity contribution in [1.29, 1.82) is 0 Å². The fourth-order valence-corrected chi connectivity index (χ4v) is 2.82. The normalized spacial score (nSPS) is 11.4. The van der Waals surface area contributed by atoms with Gasteiger partial charge in [-0.2, -0.15) is 14.5 Å². The van der Waals surface area contributed by atoms with Crippen molar-refractivity contribution in [1.82, 2.24) is 24.6 Å². The van der Waals surface area contributed by atoms with Crippen LogP contribution in [0.4, 0.5) is 0 Å². The lowest BCUT2D eigenvalue weighted by molar-refractivity contribution is 0.607. The molecule has 0 spiro atoms. The second-order valence-corrected chi connectivity index (χ2v) is 6.03. The highest BCUT2D eigenvalue weighted by atomic mass is 16.4. The van der Waals surface area contributed by atoms with Crippen LogP contribution >= 0.6 is 0 Å². The van der Waals surface area contributed by atoms with E-state index < -0.39 is 0 Å². The van der Waals surface area contributed by atoms with Gasteiger partial charge in [0, 0.05) is 11.1 Å². The predicted octanol–water partition coefficient (Wildman–Crippen LogP) is 3.20. The minimum atomic E-state index is -0.346. The van der Waals surface area contributed by atoms with Crippen LogP contribution in [0.5, 0.6) is 0 Å². The SMILES string of the molecule is Cc1ccc(-c2nc3c(=O)n4[nH]c(-c5ccccc5)nc4nc3o2)cc1. The van der Waals surface area contributed by atoms with Crippen molar-refractivity contribution in [3.8, 4) is 22.8 Å². The Hall–Kier alpha value is -3.74. The molecule has 0 aliphatic heterocycles. The molecule has 0 unspecified atom stereocenters. The molecule has 0 radical (unpaired) electrons. The van der Waals surface area contributed by atoms with Crippen molar-refractivity contribution in [3.63, 3.8) is 0 Å². The van der Waals surface area contributed by atoms with Crippen LogP contribution < -0.4 is 5.56 Å². The molecule has 7 heteroatoms. The molecule has 5 rings (SSSR count). The maximum atomic E-state index is 12.8. The fourth-order valence-electron chi connectivity index (χ4n) is 2.82. The molecule has 1 N–H and O–H groups in total. The second-order valence-electron chi connectivity index (χ2n) is 6.03. The Morgan fingerprint density at radius 1 is 0.923 bits per heavy atom. The number of aromatic amines is 1. The van der Waals surface area contributed by atoms with Gasteiger partial charge in [-0.25, -0.2) is 4.98 Å². The van der Waals surface area contributed by atoms with Gasteiger partial charge in [0.2, 0.25) is 5.89 Å². The van der Waals surface area contributed by atoms with Gasteiger partial charge in [0.15, 0.2) is 11.3 Å². The zero-order valence-electron chi connectivity index (χ0n) is 13.8. The summed E-state index contributed by atoms with van der Waals surface area (Å²) in [7, 11) is 0. The van der Waals surface area contributed by atoms with E-state index in [-0.39, 0.29) is 22.6 Å². The molecule has 0 bridgehead atoms. The molecule has 0 aliphatic rings. The Kier molecular flexibility index (Phi) is 3.02. The number of nitrogens with one attached hydrogen (secondary N) is 1. The Morgan fingerprint density at radius 2 is 1.69 bits per heavy atom. The molecular weight excluding hydrogens is 330 g/mol. The number of H-pyrrole nitrogens is 1. The smallest absolute Gasteiger partial charge is 0.304 e. The summed E-state index contributed by atoms with van der Waals surface area (Å²) in [5, 5.41) is 2.98. The van der Waals surface area contributed by atoms with Crippen LogP contribution in [0.15, 0.2) is 63.8 Å². The fraction of sp³-hybridized carbons (Fsp3) is 0.0526. The largest absolute Gasteiger partial charge is 0.417 e. The zero-order valence-corrected chi connectivity index (χ0v) is 13.8. The summed E-state index contributed by atoms with van der Waals surface area (Å²) in [5.74, 6) is 1.16. The molecular formula is C19H13N5O2. The number of rotatable bonds is 2. The molecule has 7 nitrogen and oxygen atoms in total. The highest BCUT2D eigenvalue weighted by Crippen LogP contribution is 2.22. The standard InChI is InChI=1S/C19H13N5O2/c1-11-7-9-13(10-8-11)16-20-14-17(26-16)22-19-21-15(23-24(19)18(14)25)12-5-3-2-4-6-12/h2-10H,1H3,(H,21,22,23). The van der Waals surface area contributed by atoms with Crippen molar-refractivity contribution in [2.75, 3.05) is 0 Å². The predicted molar refractivity (Wildman–Crippen MR) is 96.8 cm³/mol. The average Bonchev–Trinajstić information content (AvgIpc) is 3.28. The topological polar surface area (TPSA) is 89.1 Å². The van der Waals surface area contributed by atoms with Gasteiger partial charge in [-0.3, -0.25) is 9.89 Å². The molecule has 5 aromatic rings. The van der Waals surface area contributed by atoms with Crippen LogP contribution in [0.3, 0.4) is 0 Å². The van der Waals surface area contributed by atoms with Gasteiger partial charge >= 0.3 is 5.56 Å². The van der Waals surface area contributed by atoms with Crippen molar-refractivity contribution in [2.24, 2.45) is 0 Å². The first-order valence-electron chi connectivity index (χ1n) is 8.11. The molecule has 0 atom stereocenters. The molecule has 0 aliphatic carbocycles. The first-order chi connectivity index (χ1) is 12.7. The van der Waals surface area contributed by atoms with Crippen LogP contribution in [0.1, 0.15) is 5.56 Å². The van der Waals surface area contributed by atoms with E-state index in [1.165, 1.54) is 4.52 Å². The van der Waals surface area contributed by atoms with Gasteiger partial charge in [0.1, 0.15) is 0 Å². The summed E-state index contributed by atoms with van der Waals surface area (Å²) in [6.45, 7) is 2.00. The van der Waals surface area contributed by atoms with Crippen LogP contribution in [-0.2, 0) is 0 Å². The minimum absolute atomic E-state index is 0.168. The van der Waals surface area contributed by atoms with E-state index in [1.54, 1.807) is 0 Å². The number of benzene rings is 2. The molecule has 0 amide bonds. The van der Waals surface area contributed by atoms with Gasteiger partial charge in [0.25, 0.3) is 11.5 Å². The van der Waals surface area contributed by atoms with Crippen LogP contribution in [0.25, 0.3) is 39.8 Å². The van der Waals surface area contributed by atoms with Crippen LogP contribution in [0.2, 0.25) is 0 Å². The third-order valence-corrected chi connectivity index (χ3v) is 4.19. The van der Waals surface area contributed by atoms with Crippen molar-refractivity contribution < 1.29 is 4.42 Å². The first kappa shape index (κ1) is 14.6. The average molecular weight is 343 g/mol. The maximum Gasteiger partial charge on any atom is 0.304 e. The molecule has 126 valence electrons. The number of fused-ring (bicyclic) bond motifs is 2.